The van der Waals surface area contributed by atoms with Crippen molar-refractivity contribution in [2.75, 3.05) is 5.73 Å². The molecule has 0 spiro atoms. The van der Waals surface area contributed by atoms with Crippen LogP contribution in [-0.2, 0) is 13.0 Å². The minimum Gasteiger partial charge on any atom is -0.399 e. The van der Waals surface area contributed by atoms with E-state index in [1.54, 1.807) is 0 Å². The van der Waals surface area contributed by atoms with E-state index >= 15 is 0 Å². The molecule has 108 valence electrons. The predicted molar refractivity (Wildman–Crippen MR) is 84.9 cm³/mol. The Morgan fingerprint density at radius 1 is 1.19 bits per heavy atom. The van der Waals surface area contributed by atoms with E-state index in [1.807, 2.05) is 42.5 Å². The van der Waals surface area contributed by atoms with E-state index in [-0.39, 0.29) is 0 Å². The highest BCUT2D eigenvalue weighted by Crippen LogP contribution is 2.23. The normalized spacial score (nSPS) is 12.7. The number of benzene rings is 2. The Bertz CT molecular complexity index is 764. The summed E-state index contributed by atoms with van der Waals surface area (Å²) >= 11 is 0. The third-order valence-electron chi connectivity index (χ3n) is 3.72. The van der Waals surface area contributed by atoms with Crippen LogP contribution >= 0.6 is 0 Å². The molecule has 3 rings (SSSR count). The fourth-order valence-electron chi connectivity index (χ4n) is 2.69. The molecule has 4 heteroatoms. The van der Waals surface area contributed by atoms with Gasteiger partial charge in [0.15, 0.2) is 0 Å². The molecule has 0 amide bonds. The summed E-state index contributed by atoms with van der Waals surface area (Å²) in [7, 11) is 0. The third-order valence-corrected chi connectivity index (χ3v) is 3.72. The molecule has 2 aromatic carbocycles. The first-order chi connectivity index (χ1) is 10.2. The van der Waals surface area contributed by atoms with Gasteiger partial charge in [-0.25, -0.2) is 4.98 Å². The molecule has 0 aliphatic rings. The molecule has 0 saturated carbocycles. The van der Waals surface area contributed by atoms with Gasteiger partial charge < -0.3 is 15.4 Å². The molecule has 0 bridgehead atoms. The first-order valence-corrected chi connectivity index (χ1v) is 7.16. The Balaban J connectivity index is 1.94. The van der Waals surface area contributed by atoms with E-state index < -0.39 is 6.10 Å². The number of rotatable bonds is 4. The molecular weight excluding hydrogens is 262 g/mol. The maximum Gasteiger partial charge on any atom is 0.112 e. The Morgan fingerprint density at radius 3 is 2.76 bits per heavy atom. The van der Waals surface area contributed by atoms with Crippen molar-refractivity contribution in [2.24, 2.45) is 0 Å². The number of hydrogen-bond acceptors (Lipinski definition) is 3. The van der Waals surface area contributed by atoms with Crippen LogP contribution in [0.5, 0.6) is 0 Å². The van der Waals surface area contributed by atoms with Gasteiger partial charge in [0.2, 0.25) is 0 Å². The summed E-state index contributed by atoms with van der Waals surface area (Å²) in [5, 5.41) is 10.4. The van der Waals surface area contributed by atoms with Crippen LogP contribution in [0.1, 0.15) is 24.4 Å². The van der Waals surface area contributed by atoms with Gasteiger partial charge in [-0.05, 0) is 36.8 Å². The van der Waals surface area contributed by atoms with Crippen molar-refractivity contribution in [3.63, 3.8) is 0 Å². The van der Waals surface area contributed by atoms with Crippen LogP contribution in [0.3, 0.4) is 0 Å². The Labute approximate surface area is 123 Å². The van der Waals surface area contributed by atoms with Crippen molar-refractivity contribution in [2.45, 2.75) is 26.0 Å². The topological polar surface area (TPSA) is 64.1 Å². The molecule has 0 aliphatic carbocycles. The highest BCUT2D eigenvalue weighted by atomic mass is 16.3. The van der Waals surface area contributed by atoms with Crippen LogP contribution < -0.4 is 5.73 Å². The van der Waals surface area contributed by atoms with E-state index in [9.17, 15) is 5.11 Å². The summed E-state index contributed by atoms with van der Waals surface area (Å²) in [5.74, 6) is 0.897. The van der Waals surface area contributed by atoms with Gasteiger partial charge in [0, 0.05) is 18.7 Å². The lowest BCUT2D eigenvalue weighted by Gasteiger charge is -2.12. The second kappa shape index (κ2) is 5.58. The number of imidazole rings is 1. The number of aliphatic hydroxyl groups is 1. The molecule has 4 nitrogen and oxygen atoms in total. The highest BCUT2D eigenvalue weighted by molar-refractivity contribution is 5.75. The summed E-state index contributed by atoms with van der Waals surface area (Å²) in [5.41, 5.74) is 9.33. The third kappa shape index (κ3) is 2.62. The molecule has 0 fully saturated rings. The van der Waals surface area contributed by atoms with Crippen LogP contribution in [0.25, 0.3) is 11.0 Å². The zero-order chi connectivity index (χ0) is 14.8. The summed E-state index contributed by atoms with van der Waals surface area (Å²) in [4.78, 5) is 4.64. The average molecular weight is 281 g/mol. The molecule has 21 heavy (non-hydrogen) atoms. The number of aryl methyl sites for hydroxylation is 1. The number of aliphatic hydroxyl groups excluding tert-OH is 1. The van der Waals surface area contributed by atoms with Crippen molar-refractivity contribution in [3.05, 3.63) is 59.9 Å². The lowest BCUT2D eigenvalue weighted by Crippen LogP contribution is -2.08. The number of fused-ring (bicyclic) bond motifs is 1. The van der Waals surface area contributed by atoms with Gasteiger partial charge in [-0.2, -0.15) is 0 Å². The Hall–Kier alpha value is -2.33. The number of nitrogen functional groups attached to an aromatic ring is 1. The predicted octanol–water partition coefficient (Wildman–Crippen LogP) is 2.91. The lowest BCUT2D eigenvalue weighted by molar-refractivity contribution is 0.175. The number of nitrogens with two attached hydrogens (primary N) is 1. The van der Waals surface area contributed by atoms with Crippen molar-refractivity contribution in [1.29, 1.82) is 0 Å². The van der Waals surface area contributed by atoms with Crippen LogP contribution in [0.15, 0.2) is 48.5 Å². The van der Waals surface area contributed by atoms with Gasteiger partial charge in [0.1, 0.15) is 5.82 Å². The molecule has 1 atom stereocenters. The molecular formula is C17H19N3O. The molecule has 1 heterocycles. The Kier molecular flexibility index (Phi) is 3.62. The molecule has 3 N–H and O–H groups in total. The quantitative estimate of drug-likeness (QED) is 0.723. The summed E-state index contributed by atoms with van der Waals surface area (Å²) < 4.78 is 2.14. The van der Waals surface area contributed by atoms with Gasteiger partial charge in [0.05, 0.1) is 17.1 Å². The largest absolute Gasteiger partial charge is 0.399 e. The summed E-state index contributed by atoms with van der Waals surface area (Å²) in [6.45, 7) is 2.92. The van der Waals surface area contributed by atoms with Crippen LogP contribution in [0.2, 0.25) is 0 Å². The van der Waals surface area contributed by atoms with E-state index in [4.69, 9.17) is 5.73 Å². The fourth-order valence-corrected chi connectivity index (χ4v) is 2.69. The van der Waals surface area contributed by atoms with Gasteiger partial charge in [0.25, 0.3) is 0 Å². The van der Waals surface area contributed by atoms with Crippen molar-refractivity contribution in [3.8, 4) is 0 Å². The number of nitrogens with zero attached hydrogens (tertiary/aromatic N) is 2. The monoisotopic (exact) mass is 281 g/mol. The van der Waals surface area contributed by atoms with E-state index in [1.165, 1.54) is 0 Å². The van der Waals surface area contributed by atoms with Gasteiger partial charge >= 0.3 is 0 Å². The van der Waals surface area contributed by atoms with Crippen LogP contribution in [-0.4, -0.2) is 14.7 Å². The van der Waals surface area contributed by atoms with Gasteiger partial charge in [-0.1, -0.05) is 24.3 Å². The molecule has 0 aliphatic heterocycles. The molecule has 1 aromatic heterocycles. The minimum atomic E-state index is -0.601. The average Bonchev–Trinajstić information content (AvgIpc) is 2.84. The van der Waals surface area contributed by atoms with Crippen molar-refractivity contribution < 1.29 is 5.11 Å². The first kappa shape index (κ1) is 13.6. The fraction of sp³-hybridized carbons (Fsp3) is 0.235. The van der Waals surface area contributed by atoms with Crippen LogP contribution in [0.4, 0.5) is 5.69 Å². The molecule has 1 unspecified atom stereocenters. The molecule has 0 radical (unpaired) electrons. The standard InChI is InChI=1S/C17H19N3O/c1-2-20-15-9-4-3-8-14(15)19-17(20)11-16(21)12-6-5-7-13(18)10-12/h3-10,16,21H,2,11,18H2,1H3. The van der Waals surface area contributed by atoms with Crippen molar-refractivity contribution >= 4 is 16.7 Å². The summed E-state index contributed by atoms with van der Waals surface area (Å²) in [6, 6.07) is 15.4. The van der Waals surface area contributed by atoms with Gasteiger partial charge in [-0.15, -0.1) is 0 Å². The maximum absolute atomic E-state index is 10.4. The minimum absolute atomic E-state index is 0.478. The maximum atomic E-state index is 10.4. The first-order valence-electron chi connectivity index (χ1n) is 7.16. The number of para-hydroxylation sites is 2. The van der Waals surface area contributed by atoms with Crippen molar-refractivity contribution in [1.82, 2.24) is 9.55 Å². The highest BCUT2D eigenvalue weighted by Gasteiger charge is 2.15. The number of hydrogen-bond donors (Lipinski definition) is 2. The van der Waals surface area contributed by atoms with E-state index in [0.29, 0.717) is 12.1 Å². The second-order valence-corrected chi connectivity index (χ2v) is 5.15. The SMILES string of the molecule is CCn1c(CC(O)c2cccc(N)c2)nc2ccccc21. The smallest absolute Gasteiger partial charge is 0.112 e. The van der Waals surface area contributed by atoms with E-state index in [0.717, 1.165) is 29.0 Å². The lowest BCUT2D eigenvalue weighted by atomic mass is 10.1. The zero-order valence-corrected chi connectivity index (χ0v) is 12.0. The van der Waals surface area contributed by atoms with E-state index in [2.05, 4.69) is 22.5 Å². The zero-order valence-electron chi connectivity index (χ0n) is 12.0. The molecule has 0 saturated heterocycles. The number of anilines is 1. The Morgan fingerprint density at radius 2 is 2.00 bits per heavy atom. The number of aromatic nitrogens is 2. The van der Waals surface area contributed by atoms with Crippen LogP contribution in [0, 0.1) is 0 Å². The molecule has 3 aromatic rings. The van der Waals surface area contributed by atoms with Gasteiger partial charge in [-0.3, -0.25) is 0 Å². The second-order valence-electron chi connectivity index (χ2n) is 5.15. The summed E-state index contributed by atoms with van der Waals surface area (Å²) in [6.07, 6.45) is -0.123.